The molecule has 1 heterocycles. The number of ether oxygens (including phenoxy) is 2. The second-order valence-electron chi connectivity index (χ2n) is 4.24. The van der Waals surface area contributed by atoms with E-state index in [0.29, 0.717) is 17.1 Å². The molecule has 0 saturated heterocycles. The third kappa shape index (κ3) is 3.08. The highest BCUT2D eigenvalue weighted by Gasteiger charge is 2.08. The first kappa shape index (κ1) is 14.3. The second kappa shape index (κ2) is 6.39. The number of thiophene rings is 1. The van der Waals surface area contributed by atoms with Crippen LogP contribution in [0.3, 0.4) is 0 Å². The zero-order chi connectivity index (χ0) is 14.5. The highest BCUT2D eigenvalue weighted by molar-refractivity contribution is 7.11. The van der Waals surface area contributed by atoms with Crippen LogP contribution in [0.4, 0.5) is 0 Å². The molecule has 3 nitrogen and oxygen atoms in total. The number of methoxy groups -OCH3 is 2. The maximum absolute atomic E-state index is 12.1. The van der Waals surface area contributed by atoms with Crippen molar-refractivity contribution in [3.05, 3.63) is 51.7 Å². The molecule has 0 atom stereocenters. The lowest BCUT2D eigenvalue weighted by Crippen LogP contribution is -1.97. The molecule has 1 aromatic carbocycles. The van der Waals surface area contributed by atoms with Gasteiger partial charge in [0.25, 0.3) is 0 Å². The van der Waals surface area contributed by atoms with Crippen LogP contribution >= 0.6 is 11.3 Å². The topological polar surface area (TPSA) is 35.5 Å². The molecule has 0 spiro atoms. The summed E-state index contributed by atoms with van der Waals surface area (Å²) in [5, 5.41) is 2.01. The summed E-state index contributed by atoms with van der Waals surface area (Å²) in [6, 6.07) is 7.18. The van der Waals surface area contributed by atoms with Crippen molar-refractivity contribution < 1.29 is 14.3 Å². The van der Waals surface area contributed by atoms with Gasteiger partial charge >= 0.3 is 0 Å². The van der Waals surface area contributed by atoms with Gasteiger partial charge in [-0.2, -0.15) is 0 Å². The third-order valence-corrected chi connectivity index (χ3v) is 3.94. The van der Waals surface area contributed by atoms with Gasteiger partial charge in [0.15, 0.2) is 17.3 Å². The van der Waals surface area contributed by atoms with Crippen molar-refractivity contribution in [1.82, 2.24) is 0 Å². The number of carbonyl (C=O) groups is 1. The Labute approximate surface area is 122 Å². The molecule has 0 saturated carbocycles. The molecule has 0 aliphatic carbocycles. The molecule has 0 N–H and O–H groups in total. The summed E-state index contributed by atoms with van der Waals surface area (Å²) in [6.07, 6.45) is 3.43. The SMILES string of the molecule is COc1ccc(C(=O)/C=C/c2sccc2C)cc1OC. The van der Waals surface area contributed by atoms with E-state index in [9.17, 15) is 4.79 Å². The molecule has 0 amide bonds. The van der Waals surface area contributed by atoms with Crippen molar-refractivity contribution in [2.45, 2.75) is 6.92 Å². The van der Waals surface area contributed by atoms with Gasteiger partial charge in [0, 0.05) is 10.4 Å². The van der Waals surface area contributed by atoms with Crippen LogP contribution < -0.4 is 9.47 Å². The van der Waals surface area contributed by atoms with E-state index in [1.54, 1.807) is 49.8 Å². The minimum Gasteiger partial charge on any atom is -0.493 e. The Morgan fingerprint density at radius 2 is 1.90 bits per heavy atom. The lowest BCUT2D eigenvalue weighted by atomic mass is 10.1. The van der Waals surface area contributed by atoms with E-state index in [0.717, 1.165) is 4.88 Å². The Kier molecular flexibility index (Phi) is 4.58. The fourth-order valence-corrected chi connectivity index (χ4v) is 2.61. The predicted octanol–water partition coefficient (Wildman–Crippen LogP) is 3.97. The van der Waals surface area contributed by atoms with Crippen LogP contribution in [0.25, 0.3) is 6.08 Å². The van der Waals surface area contributed by atoms with Crippen LogP contribution in [0.2, 0.25) is 0 Å². The second-order valence-corrected chi connectivity index (χ2v) is 5.18. The first-order valence-electron chi connectivity index (χ1n) is 6.14. The zero-order valence-corrected chi connectivity index (χ0v) is 12.5. The summed E-state index contributed by atoms with van der Waals surface area (Å²) in [5.41, 5.74) is 1.75. The minimum atomic E-state index is -0.0567. The molecule has 104 valence electrons. The molecule has 2 rings (SSSR count). The number of benzene rings is 1. The first-order valence-corrected chi connectivity index (χ1v) is 7.02. The van der Waals surface area contributed by atoms with E-state index < -0.39 is 0 Å². The summed E-state index contributed by atoms with van der Waals surface area (Å²) < 4.78 is 10.4. The van der Waals surface area contributed by atoms with E-state index in [4.69, 9.17) is 9.47 Å². The first-order chi connectivity index (χ1) is 9.65. The number of aryl methyl sites for hydroxylation is 1. The Bertz CT molecular complexity index is 641. The van der Waals surface area contributed by atoms with Crippen LogP contribution in [-0.4, -0.2) is 20.0 Å². The molecule has 20 heavy (non-hydrogen) atoms. The third-order valence-electron chi connectivity index (χ3n) is 2.96. The van der Waals surface area contributed by atoms with Gasteiger partial charge in [0.1, 0.15) is 0 Å². The van der Waals surface area contributed by atoms with Crippen LogP contribution in [-0.2, 0) is 0 Å². The monoisotopic (exact) mass is 288 g/mol. The van der Waals surface area contributed by atoms with Crippen molar-refractivity contribution in [2.24, 2.45) is 0 Å². The Hall–Kier alpha value is -2.07. The van der Waals surface area contributed by atoms with E-state index >= 15 is 0 Å². The van der Waals surface area contributed by atoms with Crippen LogP contribution in [0.5, 0.6) is 11.5 Å². The molecule has 0 radical (unpaired) electrons. The standard InChI is InChI=1S/C16H16O3S/c1-11-8-9-20-16(11)7-5-13(17)12-4-6-14(18-2)15(10-12)19-3/h4-10H,1-3H3/b7-5+. The van der Waals surface area contributed by atoms with Gasteiger partial charge in [-0.15, -0.1) is 11.3 Å². The number of ketones is 1. The Morgan fingerprint density at radius 3 is 2.50 bits per heavy atom. The summed E-state index contributed by atoms with van der Waals surface area (Å²) >= 11 is 1.62. The van der Waals surface area contributed by atoms with Crippen LogP contribution in [0.15, 0.2) is 35.7 Å². The van der Waals surface area contributed by atoms with Crippen molar-refractivity contribution in [2.75, 3.05) is 14.2 Å². The van der Waals surface area contributed by atoms with Gasteiger partial charge < -0.3 is 9.47 Å². The van der Waals surface area contributed by atoms with E-state index in [-0.39, 0.29) is 5.78 Å². The number of hydrogen-bond donors (Lipinski definition) is 0. The Balaban J connectivity index is 2.21. The molecule has 0 aliphatic heterocycles. The summed E-state index contributed by atoms with van der Waals surface area (Å²) in [4.78, 5) is 13.2. The minimum absolute atomic E-state index is 0.0567. The van der Waals surface area contributed by atoms with Gasteiger partial charge in [-0.3, -0.25) is 4.79 Å². The summed E-state index contributed by atoms with van der Waals surface area (Å²) in [6.45, 7) is 2.02. The highest BCUT2D eigenvalue weighted by atomic mass is 32.1. The molecule has 0 fully saturated rings. The number of carbonyl (C=O) groups excluding carboxylic acids is 1. The molecular formula is C16H16O3S. The number of allylic oxidation sites excluding steroid dienone is 1. The van der Waals surface area contributed by atoms with E-state index in [1.165, 1.54) is 5.56 Å². The average Bonchev–Trinajstić information content (AvgIpc) is 2.89. The maximum Gasteiger partial charge on any atom is 0.186 e. The van der Waals surface area contributed by atoms with Crippen molar-refractivity contribution >= 4 is 23.2 Å². The number of hydrogen-bond acceptors (Lipinski definition) is 4. The van der Waals surface area contributed by atoms with E-state index in [2.05, 4.69) is 0 Å². The van der Waals surface area contributed by atoms with Crippen molar-refractivity contribution in [3.63, 3.8) is 0 Å². The largest absolute Gasteiger partial charge is 0.493 e. The fourth-order valence-electron chi connectivity index (χ4n) is 1.79. The fraction of sp³-hybridized carbons (Fsp3) is 0.188. The normalized spacial score (nSPS) is 10.8. The predicted molar refractivity (Wildman–Crippen MR) is 82.0 cm³/mol. The van der Waals surface area contributed by atoms with Gasteiger partial charge in [-0.25, -0.2) is 0 Å². The van der Waals surface area contributed by atoms with Crippen molar-refractivity contribution in [3.8, 4) is 11.5 Å². The lowest BCUT2D eigenvalue weighted by Gasteiger charge is -2.07. The number of rotatable bonds is 5. The molecule has 0 unspecified atom stereocenters. The van der Waals surface area contributed by atoms with Crippen LogP contribution in [0.1, 0.15) is 20.8 Å². The summed E-state index contributed by atoms with van der Waals surface area (Å²) in [7, 11) is 3.12. The van der Waals surface area contributed by atoms with Crippen LogP contribution in [0, 0.1) is 6.92 Å². The Morgan fingerprint density at radius 1 is 1.15 bits per heavy atom. The highest BCUT2D eigenvalue weighted by Crippen LogP contribution is 2.28. The zero-order valence-electron chi connectivity index (χ0n) is 11.7. The smallest absolute Gasteiger partial charge is 0.186 e. The quantitative estimate of drug-likeness (QED) is 0.617. The molecular weight excluding hydrogens is 272 g/mol. The summed E-state index contributed by atoms with van der Waals surface area (Å²) in [5.74, 6) is 1.11. The van der Waals surface area contributed by atoms with Gasteiger partial charge in [-0.1, -0.05) is 0 Å². The molecule has 1 aromatic heterocycles. The molecule has 4 heteroatoms. The van der Waals surface area contributed by atoms with E-state index in [1.807, 2.05) is 24.4 Å². The van der Waals surface area contributed by atoms with Gasteiger partial charge in [-0.05, 0) is 54.3 Å². The van der Waals surface area contributed by atoms with Gasteiger partial charge in [0.2, 0.25) is 0 Å². The lowest BCUT2D eigenvalue weighted by molar-refractivity contribution is 0.104. The molecule has 2 aromatic rings. The maximum atomic E-state index is 12.1. The average molecular weight is 288 g/mol. The molecule has 0 aliphatic rings. The van der Waals surface area contributed by atoms with Gasteiger partial charge in [0.05, 0.1) is 14.2 Å². The van der Waals surface area contributed by atoms with Crippen molar-refractivity contribution in [1.29, 1.82) is 0 Å². The molecule has 0 bridgehead atoms.